The van der Waals surface area contributed by atoms with Crippen LogP contribution >= 0.6 is 0 Å². The van der Waals surface area contributed by atoms with Gasteiger partial charge in [-0.2, -0.15) is 5.10 Å². The van der Waals surface area contributed by atoms with Crippen molar-refractivity contribution >= 4 is 22.9 Å². The summed E-state index contributed by atoms with van der Waals surface area (Å²) in [6.07, 6.45) is 7.50. The Balaban J connectivity index is 1.71. The summed E-state index contributed by atoms with van der Waals surface area (Å²) >= 11 is 0. The first kappa shape index (κ1) is 22.6. The molecule has 1 amide bonds. The van der Waals surface area contributed by atoms with Crippen LogP contribution in [0.3, 0.4) is 0 Å². The molecule has 0 fully saturated rings. The molecule has 0 unspecified atom stereocenters. The summed E-state index contributed by atoms with van der Waals surface area (Å²) in [6, 6.07) is 10.3. The maximum atomic E-state index is 12.8. The number of unbranched alkanes of at least 4 members (excludes halogenated alkanes) is 1. The molecule has 0 spiro atoms. The molecular weight excluding hydrogens is 414 g/mol. The number of imidazole rings is 1. The quantitative estimate of drug-likeness (QED) is 0.344. The van der Waals surface area contributed by atoms with Crippen molar-refractivity contribution in [1.29, 1.82) is 0 Å². The number of benzene rings is 2. The summed E-state index contributed by atoms with van der Waals surface area (Å²) in [6.45, 7) is 7.26. The summed E-state index contributed by atoms with van der Waals surface area (Å²) in [5.41, 5.74) is 6.79. The third-order valence-corrected chi connectivity index (χ3v) is 5.90. The highest BCUT2D eigenvalue weighted by Gasteiger charge is 2.18. The number of H-pyrrole nitrogens is 1. The highest BCUT2D eigenvalue weighted by atomic mass is 16.5. The number of carbonyl (C=O) groups is 1. The van der Waals surface area contributed by atoms with E-state index in [0.29, 0.717) is 17.3 Å². The molecule has 2 aromatic heterocycles. The van der Waals surface area contributed by atoms with Crippen molar-refractivity contribution in [1.82, 2.24) is 19.7 Å². The van der Waals surface area contributed by atoms with Crippen molar-refractivity contribution in [2.75, 3.05) is 12.4 Å². The van der Waals surface area contributed by atoms with Crippen LogP contribution in [0.15, 0.2) is 42.7 Å². The fourth-order valence-corrected chi connectivity index (χ4v) is 4.15. The largest absolute Gasteiger partial charge is 0.494 e. The van der Waals surface area contributed by atoms with E-state index in [0.717, 1.165) is 54.4 Å². The second-order valence-electron chi connectivity index (χ2n) is 8.28. The zero-order chi connectivity index (χ0) is 23.4. The molecule has 0 atom stereocenters. The van der Waals surface area contributed by atoms with Gasteiger partial charge in [0.2, 0.25) is 5.95 Å². The molecule has 7 heteroatoms. The first-order valence-corrected chi connectivity index (χ1v) is 11.5. The topological polar surface area (TPSA) is 84.8 Å². The van der Waals surface area contributed by atoms with Gasteiger partial charge < -0.3 is 9.72 Å². The predicted molar refractivity (Wildman–Crippen MR) is 132 cm³/mol. The average molecular weight is 446 g/mol. The molecule has 4 rings (SSSR count). The maximum absolute atomic E-state index is 12.8. The van der Waals surface area contributed by atoms with E-state index in [4.69, 9.17) is 9.72 Å². The van der Waals surface area contributed by atoms with Crippen LogP contribution < -0.4 is 10.1 Å². The summed E-state index contributed by atoms with van der Waals surface area (Å²) in [5.74, 6) is 0.810. The lowest BCUT2D eigenvalue weighted by Gasteiger charge is -2.13. The lowest BCUT2D eigenvalue weighted by Crippen LogP contribution is -2.12. The second-order valence-corrected chi connectivity index (χ2v) is 8.28. The van der Waals surface area contributed by atoms with Crippen LogP contribution in [0.5, 0.6) is 5.75 Å². The van der Waals surface area contributed by atoms with E-state index < -0.39 is 0 Å². The molecule has 0 saturated carbocycles. The van der Waals surface area contributed by atoms with Crippen LogP contribution in [-0.2, 0) is 13.0 Å². The van der Waals surface area contributed by atoms with Gasteiger partial charge in [-0.15, -0.1) is 0 Å². The Morgan fingerprint density at radius 1 is 1.15 bits per heavy atom. The fraction of sp³-hybridized carbons (Fsp3) is 0.346. The maximum Gasteiger partial charge on any atom is 0.261 e. The van der Waals surface area contributed by atoms with Gasteiger partial charge in [0.05, 0.1) is 18.9 Å². The van der Waals surface area contributed by atoms with Gasteiger partial charge in [-0.05, 0) is 48.6 Å². The van der Waals surface area contributed by atoms with Crippen LogP contribution in [0, 0.1) is 6.92 Å². The van der Waals surface area contributed by atoms with Gasteiger partial charge in [0.15, 0.2) is 0 Å². The number of aromatic amines is 1. The van der Waals surface area contributed by atoms with Crippen molar-refractivity contribution in [3.05, 3.63) is 59.4 Å². The van der Waals surface area contributed by atoms with Crippen molar-refractivity contribution in [3.63, 3.8) is 0 Å². The van der Waals surface area contributed by atoms with Crippen molar-refractivity contribution in [2.24, 2.45) is 0 Å². The predicted octanol–water partition coefficient (Wildman–Crippen LogP) is 5.75. The Hall–Kier alpha value is -3.61. The molecule has 172 valence electrons. The molecule has 0 radical (unpaired) electrons. The number of fused-ring (bicyclic) bond motifs is 1. The summed E-state index contributed by atoms with van der Waals surface area (Å²) in [7, 11) is 1.63. The Kier molecular flexibility index (Phi) is 6.77. The van der Waals surface area contributed by atoms with Gasteiger partial charge in [-0.25, -0.2) is 4.98 Å². The molecule has 0 aliphatic rings. The number of amides is 1. The Morgan fingerprint density at radius 3 is 2.76 bits per heavy atom. The van der Waals surface area contributed by atoms with E-state index in [1.165, 1.54) is 11.1 Å². The van der Waals surface area contributed by atoms with E-state index in [1.54, 1.807) is 24.2 Å². The number of rotatable bonds is 9. The van der Waals surface area contributed by atoms with Crippen LogP contribution in [0.2, 0.25) is 0 Å². The number of methoxy groups -OCH3 is 1. The standard InChI is InChI=1S/C26H31N5O2/c1-5-7-14-31-16-18(15-27-31)25(32)30-26-28-23-21(12-13-22(33-4)24(23)29-26)20-11-8-10-17(3)19(20)9-6-2/h8,10-13,15-16H,5-7,9,14H2,1-4H3,(H2,28,29,30,32). The number of aromatic nitrogens is 4. The van der Waals surface area contributed by atoms with Gasteiger partial charge >= 0.3 is 0 Å². The van der Waals surface area contributed by atoms with Crippen LogP contribution in [-0.4, -0.2) is 32.8 Å². The average Bonchev–Trinajstić information content (AvgIpc) is 3.46. The lowest BCUT2D eigenvalue weighted by molar-refractivity contribution is 0.102. The number of hydrogen-bond acceptors (Lipinski definition) is 4. The number of anilines is 1. The van der Waals surface area contributed by atoms with Gasteiger partial charge in [0.1, 0.15) is 16.8 Å². The van der Waals surface area contributed by atoms with Crippen LogP contribution in [0.25, 0.3) is 22.2 Å². The molecule has 0 aliphatic heterocycles. The minimum atomic E-state index is -0.250. The summed E-state index contributed by atoms with van der Waals surface area (Å²) < 4.78 is 7.36. The number of ether oxygens (including phenoxy) is 1. The SMILES string of the molecule is CCCCn1cc(C(=O)Nc2nc3c(-c4cccc(C)c4CCC)ccc(OC)c3[nH]2)cn1. The lowest BCUT2D eigenvalue weighted by atomic mass is 9.92. The number of nitrogens with one attached hydrogen (secondary N) is 2. The highest BCUT2D eigenvalue weighted by molar-refractivity contribution is 6.05. The molecule has 0 bridgehead atoms. The molecule has 4 aromatic rings. The van der Waals surface area contributed by atoms with Gasteiger partial charge in [-0.1, -0.05) is 44.9 Å². The number of carbonyl (C=O) groups excluding carboxylic acids is 1. The zero-order valence-corrected chi connectivity index (χ0v) is 19.7. The minimum absolute atomic E-state index is 0.250. The van der Waals surface area contributed by atoms with Crippen molar-refractivity contribution < 1.29 is 9.53 Å². The van der Waals surface area contributed by atoms with Gasteiger partial charge in [-0.3, -0.25) is 14.8 Å². The minimum Gasteiger partial charge on any atom is -0.494 e. The van der Waals surface area contributed by atoms with E-state index in [9.17, 15) is 4.79 Å². The third-order valence-electron chi connectivity index (χ3n) is 5.90. The molecule has 0 saturated heterocycles. The molecule has 0 aliphatic carbocycles. The first-order valence-electron chi connectivity index (χ1n) is 11.5. The Bertz CT molecular complexity index is 1270. The number of nitrogens with zero attached hydrogens (tertiary/aromatic N) is 3. The zero-order valence-electron chi connectivity index (χ0n) is 19.7. The molecule has 7 nitrogen and oxygen atoms in total. The van der Waals surface area contributed by atoms with E-state index in [2.05, 4.69) is 54.4 Å². The van der Waals surface area contributed by atoms with E-state index in [-0.39, 0.29) is 5.91 Å². The van der Waals surface area contributed by atoms with Crippen molar-refractivity contribution in [2.45, 2.75) is 53.0 Å². The normalized spacial score (nSPS) is 11.2. The fourth-order valence-electron chi connectivity index (χ4n) is 4.15. The third kappa shape index (κ3) is 4.62. The highest BCUT2D eigenvalue weighted by Crippen LogP contribution is 2.36. The summed E-state index contributed by atoms with van der Waals surface area (Å²) in [5, 5.41) is 7.16. The Labute approximate surface area is 194 Å². The molecule has 33 heavy (non-hydrogen) atoms. The molecule has 2 N–H and O–H groups in total. The van der Waals surface area contributed by atoms with E-state index >= 15 is 0 Å². The van der Waals surface area contributed by atoms with E-state index in [1.807, 2.05) is 12.1 Å². The van der Waals surface area contributed by atoms with Crippen LogP contribution in [0.1, 0.15) is 54.6 Å². The monoisotopic (exact) mass is 445 g/mol. The smallest absolute Gasteiger partial charge is 0.261 e. The second kappa shape index (κ2) is 9.90. The number of aryl methyl sites for hydroxylation is 2. The molecular formula is C26H31N5O2. The Morgan fingerprint density at radius 2 is 2.00 bits per heavy atom. The van der Waals surface area contributed by atoms with Gasteiger partial charge in [0, 0.05) is 18.3 Å². The molecule has 2 heterocycles. The van der Waals surface area contributed by atoms with Gasteiger partial charge in [0.25, 0.3) is 5.91 Å². The van der Waals surface area contributed by atoms with Crippen LogP contribution in [0.4, 0.5) is 5.95 Å². The first-order chi connectivity index (χ1) is 16.0. The number of hydrogen-bond donors (Lipinski definition) is 2. The summed E-state index contributed by atoms with van der Waals surface area (Å²) in [4.78, 5) is 20.8. The van der Waals surface area contributed by atoms with Crippen molar-refractivity contribution in [3.8, 4) is 16.9 Å². The molecule has 2 aromatic carbocycles.